The minimum absolute atomic E-state index is 0.222. The van der Waals surface area contributed by atoms with Gasteiger partial charge in [-0.1, -0.05) is 18.6 Å². The number of nitrogens with zero attached hydrogens (tertiary/aromatic N) is 4. The van der Waals surface area contributed by atoms with E-state index in [-0.39, 0.29) is 5.82 Å². The van der Waals surface area contributed by atoms with Crippen molar-refractivity contribution in [2.45, 2.75) is 69.6 Å². The SMILES string of the molecule is CCn1c(CN(Cc2ccc(F)cc2)C2CC2)nc2cc(S(=O)(=O)N3CCCCC3)ccc21. The molecule has 3 aromatic rings. The Morgan fingerprint density at radius 2 is 1.76 bits per heavy atom. The van der Waals surface area contributed by atoms with E-state index in [9.17, 15) is 12.8 Å². The average molecular weight is 471 g/mol. The predicted octanol–water partition coefficient (Wildman–Crippen LogP) is 4.53. The van der Waals surface area contributed by atoms with Crippen molar-refractivity contribution < 1.29 is 12.8 Å². The van der Waals surface area contributed by atoms with Gasteiger partial charge in [0.1, 0.15) is 11.6 Å². The van der Waals surface area contributed by atoms with Crippen LogP contribution in [0.15, 0.2) is 47.4 Å². The second-order valence-electron chi connectivity index (χ2n) is 9.15. The Hall–Kier alpha value is -2.29. The van der Waals surface area contributed by atoms with E-state index in [1.54, 1.807) is 16.4 Å². The van der Waals surface area contributed by atoms with Gasteiger partial charge in [-0.15, -0.1) is 0 Å². The van der Waals surface area contributed by atoms with Crippen molar-refractivity contribution in [3.63, 3.8) is 0 Å². The summed E-state index contributed by atoms with van der Waals surface area (Å²) in [6, 6.07) is 12.6. The molecule has 0 unspecified atom stereocenters. The second kappa shape index (κ2) is 9.16. The highest BCUT2D eigenvalue weighted by atomic mass is 32.2. The summed E-state index contributed by atoms with van der Waals surface area (Å²) in [6.07, 6.45) is 5.24. The normalized spacial score (nSPS) is 17.8. The lowest BCUT2D eigenvalue weighted by atomic mass is 10.2. The molecule has 8 heteroatoms. The van der Waals surface area contributed by atoms with Gasteiger partial charge in [0.05, 0.1) is 22.5 Å². The number of imidazole rings is 1. The molecule has 2 aromatic carbocycles. The van der Waals surface area contributed by atoms with Gasteiger partial charge in [-0.25, -0.2) is 17.8 Å². The van der Waals surface area contributed by atoms with Crippen LogP contribution in [0.5, 0.6) is 0 Å². The zero-order chi connectivity index (χ0) is 23.0. The van der Waals surface area contributed by atoms with Crippen LogP contribution in [0.4, 0.5) is 4.39 Å². The fraction of sp³-hybridized carbons (Fsp3) is 0.480. The zero-order valence-corrected chi connectivity index (χ0v) is 19.9. The molecular formula is C25H31FN4O2S. The Morgan fingerprint density at radius 1 is 1.03 bits per heavy atom. The van der Waals surface area contributed by atoms with Gasteiger partial charge in [0.15, 0.2) is 0 Å². The van der Waals surface area contributed by atoms with E-state index in [1.807, 2.05) is 18.2 Å². The number of aryl methyl sites for hydroxylation is 1. The lowest BCUT2D eigenvalue weighted by Crippen LogP contribution is -2.35. The number of rotatable bonds is 8. The first kappa shape index (κ1) is 22.5. The first-order valence-electron chi connectivity index (χ1n) is 11.9. The Kier molecular flexibility index (Phi) is 6.24. The van der Waals surface area contributed by atoms with Crippen LogP contribution in [0.1, 0.15) is 50.4 Å². The number of piperidine rings is 1. The first-order valence-corrected chi connectivity index (χ1v) is 13.4. The van der Waals surface area contributed by atoms with E-state index in [4.69, 9.17) is 4.98 Å². The number of hydrogen-bond acceptors (Lipinski definition) is 4. The lowest BCUT2D eigenvalue weighted by Gasteiger charge is -2.25. The minimum Gasteiger partial charge on any atom is -0.327 e. The smallest absolute Gasteiger partial charge is 0.243 e. The standard InChI is InChI=1S/C25H31FN4O2S/c1-2-30-24-13-12-22(33(31,32)29-14-4-3-5-15-29)16-23(24)27-25(30)18-28(21-10-11-21)17-19-6-8-20(26)9-7-19/h6-9,12-13,16,21H,2-5,10-11,14-15,17-18H2,1H3. The van der Waals surface area contributed by atoms with Gasteiger partial charge in [0, 0.05) is 32.2 Å². The number of fused-ring (bicyclic) bond motifs is 1. The van der Waals surface area contributed by atoms with Crippen molar-refractivity contribution in [2.24, 2.45) is 0 Å². The number of hydrogen-bond donors (Lipinski definition) is 0. The summed E-state index contributed by atoms with van der Waals surface area (Å²) in [4.78, 5) is 7.61. The van der Waals surface area contributed by atoms with E-state index in [0.717, 1.165) is 67.6 Å². The third kappa shape index (κ3) is 4.69. The Bertz CT molecular complexity index is 1230. The lowest BCUT2D eigenvalue weighted by molar-refractivity contribution is 0.236. The Balaban J connectivity index is 1.43. The largest absolute Gasteiger partial charge is 0.327 e. The molecule has 1 aliphatic heterocycles. The van der Waals surface area contributed by atoms with Gasteiger partial charge in [-0.2, -0.15) is 4.31 Å². The maximum Gasteiger partial charge on any atom is 0.243 e. The monoisotopic (exact) mass is 470 g/mol. The predicted molar refractivity (Wildman–Crippen MR) is 127 cm³/mol. The molecule has 1 saturated heterocycles. The molecule has 1 saturated carbocycles. The summed E-state index contributed by atoms with van der Waals surface area (Å²) < 4.78 is 43.4. The molecule has 0 bridgehead atoms. The first-order chi connectivity index (χ1) is 16.0. The number of benzene rings is 2. The van der Waals surface area contributed by atoms with E-state index in [0.29, 0.717) is 30.6 Å². The molecular weight excluding hydrogens is 439 g/mol. The van der Waals surface area contributed by atoms with Gasteiger partial charge in [-0.3, -0.25) is 4.90 Å². The zero-order valence-electron chi connectivity index (χ0n) is 19.1. The third-order valence-electron chi connectivity index (χ3n) is 6.77. The summed E-state index contributed by atoms with van der Waals surface area (Å²) in [5.74, 6) is 0.717. The van der Waals surface area contributed by atoms with Crippen molar-refractivity contribution >= 4 is 21.1 Å². The van der Waals surface area contributed by atoms with E-state index in [2.05, 4.69) is 16.4 Å². The summed E-state index contributed by atoms with van der Waals surface area (Å²) in [5, 5.41) is 0. The van der Waals surface area contributed by atoms with Crippen LogP contribution in [0, 0.1) is 5.82 Å². The molecule has 33 heavy (non-hydrogen) atoms. The van der Waals surface area contributed by atoms with Crippen LogP contribution in [0.25, 0.3) is 11.0 Å². The van der Waals surface area contributed by atoms with Crippen molar-refractivity contribution in [1.29, 1.82) is 0 Å². The molecule has 0 amide bonds. The fourth-order valence-corrected chi connectivity index (χ4v) is 6.35. The van der Waals surface area contributed by atoms with Crippen molar-refractivity contribution in [2.75, 3.05) is 13.1 Å². The highest BCUT2D eigenvalue weighted by Gasteiger charge is 2.31. The quantitative estimate of drug-likeness (QED) is 0.485. The van der Waals surface area contributed by atoms with Crippen LogP contribution in [-0.2, 0) is 29.7 Å². The summed E-state index contributed by atoms with van der Waals surface area (Å²) in [5.41, 5.74) is 2.77. The van der Waals surface area contributed by atoms with Crippen LogP contribution in [-0.4, -0.2) is 46.3 Å². The van der Waals surface area contributed by atoms with Crippen LogP contribution in [0.2, 0.25) is 0 Å². The van der Waals surface area contributed by atoms with E-state index >= 15 is 0 Å². The molecule has 0 atom stereocenters. The molecule has 1 aliphatic carbocycles. The molecule has 2 aliphatic rings. The second-order valence-corrected chi connectivity index (χ2v) is 11.1. The molecule has 6 nitrogen and oxygen atoms in total. The summed E-state index contributed by atoms with van der Waals surface area (Å²) in [6.45, 7) is 5.46. The van der Waals surface area contributed by atoms with Gasteiger partial charge in [0.2, 0.25) is 10.0 Å². The summed E-state index contributed by atoms with van der Waals surface area (Å²) in [7, 11) is -3.49. The minimum atomic E-state index is -3.49. The van der Waals surface area contributed by atoms with E-state index in [1.165, 1.54) is 12.1 Å². The molecule has 2 fully saturated rings. The number of aromatic nitrogens is 2. The molecule has 5 rings (SSSR count). The van der Waals surface area contributed by atoms with Crippen LogP contribution < -0.4 is 0 Å². The maximum atomic E-state index is 13.3. The van der Waals surface area contributed by atoms with Gasteiger partial charge < -0.3 is 4.57 Å². The Labute approximate surface area is 195 Å². The van der Waals surface area contributed by atoms with E-state index < -0.39 is 10.0 Å². The van der Waals surface area contributed by atoms with Gasteiger partial charge in [0.25, 0.3) is 0 Å². The molecule has 2 heterocycles. The molecule has 176 valence electrons. The van der Waals surface area contributed by atoms with Crippen molar-refractivity contribution in [1.82, 2.24) is 18.8 Å². The average Bonchev–Trinajstić information content (AvgIpc) is 3.62. The highest BCUT2D eigenvalue weighted by Crippen LogP contribution is 2.31. The van der Waals surface area contributed by atoms with Crippen molar-refractivity contribution in [3.8, 4) is 0 Å². The third-order valence-corrected chi connectivity index (χ3v) is 8.67. The number of halogens is 1. The van der Waals surface area contributed by atoms with Gasteiger partial charge >= 0.3 is 0 Å². The van der Waals surface area contributed by atoms with Crippen LogP contribution >= 0.6 is 0 Å². The molecule has 0 radical (unpaired) electrons. The number of sulfonamides is 1. The van der Waals surface area contributed by atoms with Gasteiger partial charge in [-0.05, 0) is 68.5 Å². The Morgan fingerprint density at radius 3 is 2.42 bits per heavy atom. The molecule has 0 spiro atoms. The maximum absolute atomic E-state index is 13.3. The molecule has 1 aromatic heterocycles. The highest BCUT2D eigenvalue weighted by molar-refractivity contribution is 7.89. The van der Waals surface area contributed by atoms with Crippen molar-refractivity contribution in [3.05, 3.63) is 59.7 Å². The topological polar surface area (TPSA) is 58.4 Å². The summed E-state index contributed by atoms with van der Waals surface area (Å²) >= 11 is 0. The molecule has 0 N–H and O–H groups in total. The van der Waals surface area contributed by atoms with Crippen LogP contribution in [0.3, 0.4) is 0 Å². The fourth-order valence-electron chi connectivity index (χ4n) is 4.81.